The van der Waals surface area contributed by atoms with Crippen LogP contribution in [0.1, 0.15) is 20.7 Å². The van der Waals surface area contributed by atoms with E-state index in [0.29, 0.717) is 26.3 Å². The molecule has 1 saturated heterocycles. The molecule has 0 radical (unpaired) electrons. The third-order valence-corrected chi connectivity index (χ3v) is 5.11. The molecule has 2 amide bonds. The van der Waals surface area contributed by atoms with E-state index in [0.717, 1.165) is 0 Å². The largest absolute Gasteiger partial charge is 0.378 e. The van der Waals surface area contributed by atoms with Crippen LogP contribution in [0.25, 0.3) is 0 Å². The maximum atomic E-state index is 12.8. The van der Waals surface area contributed by atoms with E-state index in [1.807, 2.05) is 0 Å². The standard InChI is InChI=1S/C19H19F2N3O4S/c1-23-11-12(17(26)24-6-8-28-9-7-24)10-14(18(23)27)22-16(25)13-4-2-3-5-15(13)29-19(20)21/h2-5,10-11,19H,6-9H2,1H3,(H,22,25). The van der Waals surface area contributed by atoms with Crippen molar-refractivity contribution in [3.63, 3.8) is 0 Å². The number of benzene rings is 1. The van der Waals surface area contributed by atoms with Gasteiger partial charge < -0.3 is 19.5 Å². The van der Waals surface area contributed by atoms with Crippen molar-refractivity contribution >= 4 is 29.3 Å². The normalized spacial score (nSPS) is 14.1. The van der Waals surface area contributed by atoms with Crippen LogP contribution >= 0.6 is 11.8 Å². The molecule has 0 aliphatic carbocycles. The third-order valence-electron chi connectivity index (χ3n) is 4.32. The molecule has 0 bridgehead atoms. The molecule has 0 atom stereocenters. The van der Waals surface area contributed by atoms with Crippen molar-refractivity contribution in [2.45, 2.75) is 10.7 Å². The van der Waals surface area contributed by atoms with Gasteiger partial charge in [-0.25, -0.2) is 0 Å². The number of carbonyl (C=O) groups is 2. The van der Waals surface area contributed by atoms with E-state index in [2.05, 4.69) is 5.32 Å². The molecule has 10 heteroatoms. The van der Waals surface area contributed by atoms with Crippen LogP contribution in [0.4, 0.5) is 14.5 Å². The number of morpholine rings is 1. The SMILES string of the molecule is Cn1cc(C(=O)N2CCOCC2)cc(NC(=O)c2ccccc2SC(F)F)c1=O. The Kier molecular flexibility index (Phi) is 6.65. The summed E-state index contributed by atoms with van der Waals surface area (Å²) < 4.78 is 31.9. The topological polar surface area (TPSA) is 80.6 Å². The van der Waals surface area contributed by atoms with Crippen LogP contribution < -0.4 is 10.9 Å². The maximum absolute atomic E-state index is 12.8. The molecule has 2 heterocycles. The van der Waals surface area contributed by atoms with Crippen molar-refractivity contribution in [2.75, 3.05) is 31.6 Å². The maximum Gasteiger partial charge on any atom is 0.288 e. The zero-order valence-electron chi connectivity index (χ0n) is 15.6. The number of carbonyl (C=O) groups excluding carboxylic acids is 2. The highest BCUT2D eigenvalue weighted by atomic mass is 32.2. The molecule has 7 nitrogen and oxygen atoms in total. The Bertz CT molecular complexity index is 974. The number of halogens is 2. The Morgan fingerprint density at radius 3 is 2.59 bits per heavy atom. The first-order chi connectivity index (χ1) is 13.9. The van der Waals surface area contributed by atoms with Gasteiger partial charge in [-0.05, 0) is 18.2 Å². The first-order valence-electron chi connectivity index (χ1n) is 8.79. The number of anilines is 1. The van der Waals surface area contributed by atoms with Gasteiger partial charge in [0.1, 0.15) is 5.69 Å². The molecule has 3 rings (SSSR count). The van der Waals surface area contributed by atoms with Crippen molar-refractivity contribution in [3.05, 3.63) is 58.0 Å². The molecule has 2 aromatic rings. The molecular formula is C19H19F2N3O4S. The Morgan fingerprint density at radius 2 is 1.90 bits per heavy atom. The molecular weight excluding hydrogens is 404 g/mol. The fourth-order valence-corrected chi connectivity index (χ4v) is 3.55. The summed E-state index contributed by atoms with van der Waals surface area (Å²) in [4.78, 5) is 39.5. The monoisotopic (exact) mass is 423 g/mol. The molecule has 0 spiro atoms. The van der Waals surface area contributed by atoms with Gasteiger partial charge in [-0.2, -0.15) is 8.78 Å². The van der Waals surface area contributed by atoms with Crippen molar-refractivity contribution in [1.82, 2.24) is 9.47 Å². The second kappa shape index (κ2) is 9.19. The smallest absolute Gasteiger partial charge is 0.288 e. The number of nitrogens with one attached hydrogen (secondary N) is 1. The van der Waals surface area contributed by atoms with E-state index in [4.69, 9.17) is 4.74 Å². The number of ether oxygens (including phenoxy) is 1. The van der Waals surface area contributed by atoms with Gasteiger partial charge in [-0.1, -0.05) is 23.9 Å². The lowest BCUT2D eigenvalue weighted by atomic mass is 10.2. The minimum absolute atomic E-state index is 0.0183. The zero-order valence-corrected chi connectivity index (χ0v) is 16.4. The predicted octanol–water partition coefficient (Wildman–Crippen LogP) is 2.42. The molecule has 1 fully saturated rings. The fraction of sp³-hybridized carbons (Fsp3) is 0.316. The van der Waals surface area contributed by atoms with Gasteiger partial charge in [0, 0.05) is 31.2 Å². The number of aromatic nitrogens is 1. The Labute approximate surface area is 169 Å². The van der Waals surface area contributed by atoms with Gasteiger partial charge in [-0.15, -0.1) is 0 Å². The van der Waals surface area contributed by atoms with Crippen LogP contribution in [-0.2, 0) is 11.8 Å². The molecule has 29 heavy (non-hydrogen) atoms. The average Bonchev–Trinajstić information content (AvgIpc) is 2.71. The number of rotatable bonds is 5. The summed E-state index contributed by atoms with van der Waals surface area (Å²) >= 11 is 0.248. The molecule has 0 unspecified atom stereocenters. The highest BCUT2D eigenvalue weighted by Gasteiger charge is 2.22. The molecule has 1 aromatic carbocycles. The van der Waals surface area contributed by atoms with E-state index < -0.39 is 17.2 Å². The lowest BCUT2D eigenvalue weighted by Crippen LogP contribution is -2.41. The highest BCUT2D eigenvalue weighted by molar-refractivity contribution is 7.99. The summed E-state index contributed by atoms with van der Waals surface area (Å²) in [5, 5.41) is 2.45. The fourth-order valence-electron chi connectivity index (χ4n) is 2.91. The Balaban J connectivity index is 1.87. The van der Waals surface area contributed by atoms with Crippen LogP contribution in [-0.4, -0.2) is 53.3 Å². The summed E-state index contributed by atoms with van der Waals surface area (Å²) in [6.07, 6.45) is 1.40. The average molecular weight is 423 g/mol. The second-order valence-electron chi connectivity index (χ2n) is 6.29. The molecule has 1 aliphatic heterocycles. The number of amides is 2. The van der Waals surface area contributed by atoms with Gasteiger partial charge in [-0.3, -0.25) is 14.4 Å². The first kappa shape index (κ1) is 21.0. The predicted molar refractivity (Wildman–Crippen MR) is 105 cm³/mol. The summed E-state index contributed by atoms with van der Waals surface area (Å²) in [7, 11) is 1.47. The van der Waals surface area contributed by atoms with Crippen molar-refractivity contribution in [2.24, 2.45) is 7.05 Å². The van der Waals surface area contributed by atoms with Crippen LogP contribution in [0.5, 0.6) is 0 Å². The molecule has 1 aliphatic rings. The van der Waals surface area contributed by atoms with Gasteiger partial charge in [0.2, 0.25) is 0 Å². The zero-order chi connectivity index (χ0) is 21.0. The minimum Gasteiger partial charge on any atom is -0.378 e. The summed E-state index contributed by atoms with van der Waals surface area (Å²) in [5.41, 5.74) is -0.367. The molecule has 154 valence electrons. The van der Waals surface area contributed by atoms with Gasteiger partial charge >= 0.3 is 0 Å². The lowest BCUT2D eigenvalue weighted by Gasteiger charge is -2.27. The Hall–Kier alpha value is -2.72. The van der Waals surface area contributed by atoms with E-state index in [1.165, 1.54) is 36.0 Å². The van der Waals surface area contributed by atoms with Crippen molar-refractivity contribution in [1.29, 1.82) is 0 Å². The van der Waals surface area contributed by atoms with Crippen LogP contribution in [0.15, 0.2) is 46.2 Å². The van der Waals surface area contributed by atoms with E-state index in [1.54, 1.807) is 17.0 Å². The number of aryl methyl sites for hydroxylation is 1. The minimum atomic E-state index is -2.69. The van der Waals surface area contributed by atoms with E-state index in [-0.39, 0.29) is 39.4 Å². The van der Waals surface area contributed by atoms with E-state index >= 15 is 0 Å². The third kappa shape index (κ3) is 5.01. The number of nitrogens with zero attached hydrogens (tertiary/aromatic N) is 2. The first-order valence-corrected chi connectivity index (χ1v) is 9.67. The molecule has 0 saturated carbocycles. The van der Waals surface area contributed by atoms with Crippen LogP contribution in [0, 0.1) is 0 Å². The van der Waals surface area contributed by atoms with Crippen molar-refractivity contribution < 1.29 is 23.1 Å². The quantitative estimate of drug-likeness (QED) is 0.748. The van der Waals surface area contributed by atoms with Gasteiger partial charge in [0.15, 0.2) is 0 Å². The molecule has 1 aromatic heterocycles. The summed E-state index contributed by atoms with van der Waals surface area (Å²) in [6, 6.07) is 7.19. The number of thioether (sulfide) groups is 1. The highest BCUT2D eigenvalue weighted by Crippen LogP contribution is 2.28. The van der Waals surface area contributed by atoms with Crippen LogP contribution in [0.2, 0.25) is 0 Å². The van der Waals surface area contributed by atoms with Crippen molar-refractivity contribution in [3.8, 4) is 0 Å². The number of pyridine rings is 1. The van der Waals surface area contributed by atoms with Gasteiger partial charge in [0.05, 0.1) is 24.3 Å². The number of hydrogen-bond acceptors (Lipinski definition) is 5. The van der Waals surface area contributed by atoms with Gasteiger partial charge in [0.25, 0.3) is 23.1 Å². The lowest BCUT2D eigenvalue weighted by molar-refractivity contribution is 0.0302. The van der Waals surface area contributed by atoms with Crippen LogP contribution in [0.3, 0.4) is 0 Å². The summed E-state index contributed by atoms with van der Waals surface area (Å²) in [6.45, 7) is 1.72. The summed E-state index contributed by atoms with van der Waals surface area (Å²) in [5.74, 6) is -3.68. The number of alkyl halides is 2. The van der Waals surface area contributed by atoms with E-state index in [9.17, 15) is 23.2 Å². The molecule has 1 N–H and O–H groups in total. The number of hydrogen-bond donors (Lipinski definition) is 1. The Morgan fingerprint density at radius 1 is 1.21 bits per heavy atom. The second-order valence-corrected chi connectivity index (χ2v) is 7.32.